The second kappa shape index (κ2) is 17.7. The molecule has 13 heteroatoms. The second-order valence-electron chi connectivity index (χ2n) is 10.8. The highest BCUT2D eigenvalue weighted by atomic mass is 35.5. The molecule has 1 saturated heterocycles. The lowest BCUT2D eigenvalue weighted by Crippen LogP contribution is -2.49. The summed E-state index contributed by atoms with van der Waals surface area (Å²) in [5, 5.41) is 9.22. The zero-order chi connectivity index (χ0) is 31.1. The zero-order valence-electron chi connectivity index (χ0n) is 24.7. The molecule has 232 valence electrons. The van der Waals surface area contributed by atoms with E-state index in [2.05, 4.69) is 51.3 Å². The second-order valence-corrected chi connectivity index (χ2v) is 11.7. The average molecular weight is 627 g/mol. The van der Waals surface area contributed by atoms with Gasteiger partial charge in [-0.25, -0.2) is 9.78 Å². The number of aromatic nitrogens is 1. The lowest BCUT2D eigenvalue weighted by atomic mass is 9.95. The third kappa shape index (κ3) is 13.2. The number of amides is 3. The Morgan fingerprint density at radius 3 is 2.62 bits per heavy atom. The number of ether oxygens (including phenoxy) is 3. The van der Waals surface area contributed by atoms with E-state index in [-0.39, 0.29) is 40.9 Å². The number of nitrogens with one attached hydrogen (secondary N) is 3. The number of carbonyl (C=O) groups excluding carboxylic acids is 3. The molecular formula is C29H41Cl2N5O6. The van der Waals surface area contributed by atoms with Crippen molar-refractivity contribution in [3.63, 3.8) is 0 Å². The number of halogens is 2. The summed E-state index contributed by atoms with van der Waals surface area (Å²) < 4.78 is 15.4. The van der Waals surface area contributed by atoms with E-state index in [9.17, 15) is 9.59 Å². The van der Waals surface area contributed by atoms with Gasteiger partial charge in [0.15, 0.2) is 6.10 Å². The predicted octanol–water partition coefficient (Wildman–Crippen LogP) is 4.52. The van der Waals surface area contributed by atoms with Gasteiger partial charge in [-0.3, -0.25) is 14.5 Å². The number of morpholine rings is 1. The van der Waals surface area contributed by atoms with Gasteiger partial charge in [-0.2, -0.15) is 0 Å². The zero-order valence-corrected chi connectivity index (χ0v) is 26.3. The monoisotopic (exact) mass is 625 g/mol. The van der Waals surface area contributed by atoms with Crippen molar-refractivity contribution in [2.24, 2.45) is 5.41 Å². The molecule has 3 amide bonds. The number of nitrogens with zero attached hydrogens (tertiary/aromatic N) is 2. The fourth-order valence-corrected chi connectivity index (χ4v) is 4.53. The van der Waals surface area contributed by atoms with E-state index in [1.54, 1.807) is 6.07 Å². The van der Waals surface area contributed by atoms with Crippen molar-refractivity contribution >= 4 is 47.3 Å². The first kappa shape index (κ1) is 35.1. The number of urea groups is 1. The Balaban J connectivity index is 0.00000144. The van der Waals surface area contributed by atoms with Crippen molar-refractivity contribution in [2.75, 3.05) is 45.2 Å². The van der Waals surface area contributed by atoms with Gasteiger partial charge in [0.05, 0.1) is 24.8 Å². The van der Waals surface area contributed by atoms with Crippen molar-refractivity contribution in [2.45, 2.75) is 52.9 Å². The van der Waals surface area contributed by atoms with Crippen LogP contribution in [0.2, 0.25) is 10.0 Å². The Hall–Kier alpha value is -3.12. The quantitative estimate of drug-likeness (QED) is 0.311. The van der Waals surface area contributed by atoms with Crippen molar-refractivity contribution in [3.05, 3.63) is 52.1 Å². The van der Waals surface area contributed by atoms with Gasteiger partial charge in [0.2, 0.25) is 5.88 Å². The summed E-state index contributed by atoms with van der Waals surface area (Å²) >= 11 is 12.0. The molecule has 0 aliphatic carbocycles. The van der Waals surface area contributed by atoms with Gasteiger partial charge in [0.25, 0.3) is 12.4 Å². The van der Waals surface area contributed by atoms with E-state index < -0.39 is 6.10 Å². The van der Waals surface area contributed by atoms with Crippen LogP contribution in [0.25, 0.3) is 0 Å². The first-order valence-corrected chi connectivity index (χ1v) is 14.4. The van der Waals surface area contributed by atoms with Crippen LogP contribution in [0.5, 0.6) is 5.88 Å². The summed E-state index contributed by atoms with van der Waals surface area (Å²) in [6.07, 6.45) is 1.01. The van der Waals surface area contributed by atoms with Gasteiger partial charge in [-0.05, 0) is 35.6 Å². The normalized spacial score (nSPS) is 15.8. The standard InChI is InChI=1S/C27H37Cl2N5O4.C2H4O2/c1-5-23(38-25-22(29)12-19(28)14-31-25)24(35)30-13-18-7-6-8-20(11-18)33-26(36)32-15-21-16-34(9-10-37-21)17-27(2,3)4;1-4-2-3/h6-8,11-12,14,21,23H,5,9-10,13,15-17H2,1-4H3,(H,30,35)(H2,32,33,36);2H,1H3. The smallest absolute Gasteiger partial charge is 0.319 e. The lowest BCUT2D eigenvalue weighted by molar-refractivity contribution is -0.128. The highest BCUT2D eigenvalue weighted by Gasteiger charge is 2.24. The minimum Gasteiger partial charge on any atom is -0.471 e. The van der Waals surface area contributed by atoms with E-state index in [4.69, 9.17) is 37.5 Å². The van der Waals surface area contributed by atoms with Crippen LogP contribution in [0.15, 0.2) is 36.5 Å². The number of pyridine rings is 1. The highest BCUT2D eigenvalue weighted by molar-refractivity contribution is 6.35. The summed E-state index contributed by atoms with van der Waals surface area (Å²) in [6.45, 7) is 12.9. The van der Waals surface area contributed by atoms with Gasteiger partial charge in [0, 0.05) is 44.6 Å². The molecule has 11 nitrogen and oxygen atoms in total. The lowest BCUT2D eigenvalue weighted by Gasteiger charge is -2.36. The Morgan fingerprint density at radius 1 is 1.24 bits per heavy atom. The number of hydrogen-bond donors (Lipinski definition) is 3. The van der Waals surface area contributed by atoms with Crippen molar-refractivity contribution in [1.29, 1.82) is 0 Å². The van der Waals surface area contributed by atoms with Gasteiger partial charge in [-0.15, -0.1) is 0 Å². The minimum absolute atomic E-state index is 0.0509. The Bertz CT molecular complexity index is 1160. The van der Waals surface area contributed by atoms with Crippen LogP contribution >= 0.6 is 23.2 Å². The van der Waals surface area contributed by atoms with Crippen molar-refractivity contribution in [3.8, 4) is 5.88 Å². The third-order valence-electron chi connectivity index (χ3n) is 5.85. The minimum atomic E-state index is -0.769. The summed E-state index contributed by atoms with van der Waals surface area (Å²) in [4.78, 5) is 40.6. The summed E-state index contributed by atoms with van der Waals surface area (Å²) in [5.41, 5.74) is 1.65. The van der Waals surface area contributed by atoms with Crippen molar-refractivity contribution in [1.82, 2.24) is 20.5 Å². The Kier molecular flexibility index (Phi) is 14.8. The molecular weight excluding hydrogens is 585 g/mol. The van der Waals surface area contributed by atoms with E-state index in [0.717, 1.165) is 25.2 Å². The van der Waals surface area contributed by atoms with Crippen LogP contribution in [0.1, 0.15) is 39.7 Å². The molecule has 0 bridgehead atoms. The first-order valence-electron chi connectivity index (χ1n) is 13.6. The van der Waals surface area contributed by atoms with E-state index in [1.807, 2.05) is 25.1 Å². The van der Waals surface area contributed by atoms with Gasteiger partial charge >= 0.3 is 6.03 Å². The number of anilines is 1. The molecule has 2 aromatic rings. The molecule has 1 aromatic heterocycles. The molecule has 3 N–H and O–H groups in total. The van der Waals surface area contributed by atoms with Crippen LogP contribution in [-0.4, -0.2) is 80.4 Å². The first-order chi connectivity index (χ1) is 19.9. The van der Waals surface area contributed by atoms with Crippen LogP contribution in [0, 0.1) is 5.41 Å². The highest BCUT2D eigenvalue weighted by Crippen LogP contribution is 2.26. The van der Waals surface area contributed by atoms with Gasteiger partial charge in [0.1, 0.15) is 5.02 Å². The summed E-state index contributed by atoms with van der Waals surface area (Å²) in [7, 11) is 1.31. The molecule has 1 aliphatic heterocycles. The molecule has 2 heterocycles. The number of hydrogen-bond acceptors (Lipinski definition) is 8. The largest absolute Gasteiger partial charge is 0.471 e. The number of carbonyl (C=O) groups is 3. The summed E-state index contributed by atoms with van der Waals surface area (Å²) in [5.74, 6) is -0.153. The maximum Gasteiger partial charge on any atom is 0.319 e. The molecule has 2 atom stereocenters. The molecule has 2 unspecified atom stereocenters. The number of rotatable bonds is 11. The Labute approximate surface area is 257 Å². The number of methoxy groups -OCH3 is 1. The maximum absolute atomic E-state index is 12.7. The van der Waals surface area contributed by atoms with E-state index in [0.29, 0.717) is 36.8 Å². The van der Waals surface area contributed by atoms with Crippen molar-refractivity contribution < 1.29 is 28.6 Å². The SMILES string of the molecule is CCC(Oc1ncc(Cl)cc1Cl)C(=O)NCc1cccc(NC(=O)NCC2CN(CC(C)(C)C)CCO2)c1.COC=O. The fourth-order valence-electron chi connectivity index (χ4n) is 4.11. The van der Waals surface area contributed by atoms with E-state index in [1.165, 1.54) is 19.4 Å². The average Bonchev–Trinajstić information content (AvgIpc) is 2.94. The molecule has 0 radical (unpaired) electrons. The van der Waals surface area contributed by atoms with Gasteiger partial charge < -0.3 is 30.2 Å². The molecule has 1 fully saturated rings. The maximum atomic E-state index is 12.7. The predicted molar refractivity (Wildman–Crippen MR) is 163 cm³/mol. The van der Waals surface area contributed by atoms with Crippen LogP contribution in [-0.2, 0) is 25.6 Å². The molecule has 1 aliphatic rings. The van der Waals surface area contributed by atoms with Crippen LogP contribution in [0.4, 0.5) is 10.5 Å². The summed E-state index contributed by atoms with van der Waals surface area (Å²) in [6, 6.07) is 8.48. The topological polar surface area (TPSA) is 131 Å². The fraction of sp³-hybridized carbons (Fsp3) is 0.517. The number of benzene rings is 1. The molecule has 3 rings (SSSR count). The molecule has 42 heavy (non-hydrogen) atoms. The molecule has 0 saturated carbocycles. The molecule has 1 aromatic carbocycles. The third-order valence-corrected chi connectivity index (χ3v) is 6.33. The van der Waals surface area contributed by atoms with E-state index >= 15 is 0 Å². The van der Waals surface area contributed by atoms with Crippen LogP contribution in [0.3, 0.4) is 0 Å². The van der Waals surface area contributed by atoms with Crippen LogP contribution < -0.4 is 20.7 Å². The Morgan fingerprint density at radius 2 is 1.98 bits per heavy atom. The van der Waals surface area contributed by atoms with Gasteiger partial charge in [-0.1, -0.05) is 63.0 Å². The molecule has 0 spiro atoms.